The molecule has 26 heavy (non-hydrogen) atoms. The first kappa shape index (κ1) is 19.6. The number of rotatable bonds is 5. The molecule has 0 radical (unpaired) electrons. The molecule has 0 aliphatic carbocycles. The number of nitrogens with one attached hydrogen (secondary N) is 1. The zero-order chi connectivity index (χ0) is 19.6. The van der Waals surface area contributed by atoms with E-state index in [1.807, 2.05) is 26.8 Å². The fraction of sp³-hybridized carbons (Fsp3) is 0.300. The predicted molar refractivity (Wildman–Crippen MR) is 95.7 cm³/mol. The minimum Gasteiger partial charge on any atom is -0.465 e. The molecule has 0 amide bonds. The van der Waals surface area contributed by atoms with Crippen molar-refractivity contribution in [3.05, 3.63) is 63.2 Å². The van der Waals surface area contributed by atoms with Crippen LogP contribution in [0.5, 0.6) is 0 Å². The van der Waals surface area contributed by atoms with Gasteiger partial charge in [0, 0.05) is 18.2 Å². The summed E-state index contributed by atoms with van der Waals surface area (Å²) in [5.41, 5.74) is 3.78. The zero-order valence-electron chi connectivity index (χ0n) is 15.4. The summed E-state index contributed by atoms with van der Waals surface area (Å²) in [5, 5.41) is 2.88. The van der Waals surface area contributed by atoms with Gasteiger partial charge in [0.05, 0.1) is 18.4 Å². The number of halogens is 2. The lowest BCUT2D eigenvalue weighted by Gasteiger charge is -2.17. The summed E-state index contributed by atoms with van der Waals surface area (Å²) < 4.78 is 32.3. The van der Waals surface area contributed by atoms with Crippen molar-refractivity contribution in [1.29, 1.82) is 0 Å². The maximum absolute atomic E-state index is 14.1. The molecule has 0 saturated heterocycles. The van der Waals surface area contributed by atoms with Crippen molar-refractivity contribution in [2.45, 2.75) is 34.2 Å². The molecule has 6 heteroatoms. The minimum atomic E-state index is -0.985. The summed E-state index contributed by atoms with van der Waals surface area (Å²) in [6.45, 7) is 7.35. The van der Waals surface area contributed by atoms with Crippen molar-refractivity contribution in [2.75, 3.05) is 12.4 Å². The van der Waals surface area contributed by atoms with E-state index < -0.39 is 17.6 Å². The van der Waals surface area contributed by atoms with Crippen LogP contribution in [0.25, 0.3) is 0 Å². The largest absolute Gasteiger partial charge is 0.465 e. The highest BCUT2D eigenvalue weighted by atomic mass is 19.1. The van der Waals surface area contributed by atoms with E-state index in [1.165, 1.54) is 6.92 Å². The first-order valence-corrected chi connectivity index (χ1v) is 8.09. The number of hydrogen-bond donors (Lipinski definition) is 1. The second-order valence-electron chi connectivity index (χ2n) is 6.20. The highest BCUT2D eigenvalue weighted by Crippen LogP contribution is 2.25. The summed E-state index contributed by atoms with van der Waals surface area (Å²) in [7, 11) is 1.13. The third kappa shape index (κ3) is 3.74. The van der Waals surface area contributed by atoms with E-state index in [4.69, 9.17) is 0 Å². The fourth-order valence-electron chi connectivity index (χ4n) is 3.17. The molecule has 0 aliphatic heterocycles. The third-order valence-electron chi connectivity index (χ3n) is 4.40. The molecule has 0 fully saturated rings. The first-order chi connectivity index (χ1) is 12.2. The minimum absolute atomic E-state index is 0.0180. The number of Topliss-reactive ketones (excluding diaryl/α,β-unsaturated/α-hetero) is 1. The molecular weight excluding hydrogens is 340 g/mol. The van der Waals surface area contributed by atoms with Gasteiger partial charge in [0.25, 0.3) is 0 Å². The van der Waals surface area contributed by atoms with Crippen LogP contribution in [0.4, 0.5) is 14.5 Å². The SMILES string of the molecule is COC(=O)c1cc(NCc2c(C)cc(C)c(C(C)=O)c2C)c(F)cc1F. The van der Waals surface area contributed by atoms with Gasteiger partial charge in [0.15, 0.2) is 5.78 Å². The fourth-order valence-corrected chi connectivity index (χ4v) is 3.17. The Hall–Kier alpha value is -2.76. The molecule has 0 aliphatic rings. The lowest BCUT2D eigenvalue weighted by atomic mass is 9.91. The second kappa shape index (κ2) is 7.64. The normalized spacial score (nSPS) is 10.6. The highest BCUT2D eigenvalue weighted by Gasteiger charge is 2.18. The van der Waals surface area contributed by atoms with Crippen LogP contribution in [0.2, 0.25) is 0 Å². The number of anilines is 1. The zero-order valence-corrected chi connectivity index (χ0v) is 15.4. The Bertz CT molecular complexity index is 891. The Morgan fingerprint density at radius 1 is 1.04 bits per heavy atom. The number of carbonyl (C=O) groups is 2. The van der Waals surface area contributed by atoms with Gasteiger partial charge >= 0.3 is 5.97 Å². The van der Waals surface area contributed by atoms with Gasteiger partial charge in [-0.05, 0) is 56.0 Å². The molecule has 0 heterocycles. The number of carbonyl (C=O) groups excluding carboxylic acids is 2. The van der Waals surface area contributed by atoms with Crippen LogP contribution in [-0.4, -0.2) is 18.9 Å². The number of ether oxygens (including phenoxy) is 1. The molecule has 2 aromatic carbocycles. The lowest BCUT2D eigenvalue weighted by molar-refractivity contribution is 0.0595. The summed E-state index contributed by atoms with van der Waals surface area (Å²) in [6.07, 6.45) is 0. The molecule has 0 aromatic heterocycles. The Labute approximate surface area is 151 Å². The molecule has 2 aromatic rings. The summed E-state index contributed by atoms with van der Waals surface area (Å²) in [5.74, 6) is -2.72. The van der Waals surface area contributed by atoms with E-state index in [9.17, 15) is 18.4 Å². The number of methoxy groups -OCH3 is 1. The van der Waals surface area contributed by atoms with Gasteiger partial charge in [-0.3, -0.25) is 4.79 Å². The molecule has 1 N–H and O–H groups in total. The predicted octanol–water partition coefficient (Wildman–Crippen LogP) is 4.49. The van der Waals surface area contributed by atoms with Crippen LogP contribution in [0.3, 0.4) is 0 Å². The molecule has 0 unspecified atom stereocenters. The molecule has 0 spiro atoms. The van der Waals surface area contributed by atoms with Crippen molar-refractivity contribution in [3.8, 4) is 0 Å². The van der Waals surface area contributed by atoms with Crippen LogP contribution in [-0.2, 0) is 11.3 Å². The van der Waals surface area contributed by atoms with Crippen LogP contribution in [0.1, 0.15) is 49.9 Å². The van der Waals surface area contributed by atoms with Gasteiger partial charge < -0.3 is 10.1 Å². The van der Waals surface area contributed by atoms with Crippen LogP contribution < -0.4 is 5.32 Å². The van der Waals surface area contributed by atoms with Crippen molar-refractivity contribution in [2.24, 2.45) is 0 Å². The van der Waals surface area contributed by atoms with Crippen molar-refractivity contribution in [3.63, 3.8) is 0 Å². The molecule has 0 bridgehead atoms. The van der Waals surface area contributed by atoms with E-state index in [2.05, 4.69) is 10.1 Å². The maximum Gasteiger partial charge on any atom is 0.340 e. The Balaban J connectivity index is 2.39. The van der Waals surface area contributed by atoms with Gasteiger partial charge in [-0.1, -0.05) is 6.07 Å². The van der Waals surface area contributed by atoms with E-state index >= 15 is 0 Å². The van der Waals surface area contributed by atoms with Gasteiger partial charge in [0.2, 0.25) is 0 Å². The number of hydrogen-bond acceptors (Lipinski definition) is 4. The number of esters is 1. The molecule has 138 valence electrons. The van der Waals surface area contributed by atoms with E-state index in [0.717, 1.165) is 35.4 Å². The molecular formula is C20H21F2NO3. The van der Waals surface area contributed by atoms with E-state index in [-0.39, 0.29) is 23.6 Å². The molecule has 4 nitrogen and oxygen atoms in total. The van der Waals surface area contributed by atoms with Crippen molar-refractivity contribution in [1.82, 2.24) is 0 Å². The van der Waals surface area contributed by atoms with Gasteiger partial charge in [-0.25, -0.2) is 13.6 Å². The first-order valence-electron chi connectivity index (χ1n) is 8.09. The maximum atomic E-state index is 14.1. The Morgan fingerprint density at radius 3 is 2.27 bits per heavy atom. The summed E-state index contributed by atoms with van der Waals surface area (Å²) >= 11 is 0. The van der Waals surface area contributed by atoms with Crippen molar-refractivity contribution >= 4 is 17.4 Å². The highest BCUT2D eigenvalue weighted by molar-refractivity contribution is 5.97. The smallest absolute Gasteiger partial charge is 0.340 e. The van der Waals surface area contributed by atoms with Crippen molar-refractivity contribution < 1.29 is 23.1 Å². The van der Waals surface area contributed by atoms with E-state index in [0.29, 0.717) is 11.6 Å². The van der Waals surface area contributed by atoms with Gasteiger partial charge in [0.1, 0.15) is 11.6 Å². The van der Waals surface area contributed by atoms with Gasteiger partial charge in [-0.2, -0.15) is 0 Å². The molecule has 0 atom stereocenters. The average Bonchev–Trinajstić information content (AvgIpc) is 2.54. The number of benzene rings is 2. The number of ketones is 1. The summed E-state index contributed by atoms with van der Waals surface area (Å²) in [4.78, 5) is 23.5. The molecule has 2 rings (SSSR count). The topological polar surface area (TPSA) is 55.4 Å². The van der Waals surface area contributed by atoms with Crippen LogP contribution >= 0.6 is 0 Å². The third-order valence-corrected chi connectivity index (χ3v) is 4.40. The van der Waals surface area contributed by atoms with Crippen LogP contribution in [0.15, 0.2) is 18.2 Å². The standard InChI is InChI=1S/C20H21F2NO3/c1-10-6-11(2)19(13(4)24)12(3)15(10)9-23-18-7-14(20(25)26-5)16(21)8-17(18)22/h6-8,23H,9H2,1-5H3. The van der Waals surface area contributed by atoms with Crippen LogP contribution in [0, 0.1) is 32.4 Å². The van der Waals surface area contributed by atoms with E-state index in [1.54, 1.807) is 0 Å². The Kier molecular flexibility index (Phi) is 5.75. The quantitative estimate of drug-likeness (QED) is 0.630. The molecule has 0 saturated carbocycles. The lowest BCUT2D eigenvalue weighted by Crippen LogP contribution is -2.11. The van der Waals surface area contributed by atoms with Gasteiger partial charge in [-0.15, -0.1) is 0 Å². The summed E-state index contributed by atoms with van der Waals surface area (Å²) in [6, 6.07) is 3.63. The number of aryl methyl sites for hydroxylation is 2. The second-order valence-corrected chi connectivity index (χ2v) is 6.20. The average molecular weight is 361 g/mol. The Morgan fingerprint density at radius 2 is 1.69 bits per heavy atom. The monoisotopic (exact) mass is 361 g/mol.